The molecule has 0 spiro atoms. The van der Waals surface area contributed by atoms with E-state index in [1.54, 1.807) is 12.1 Å². The molecule has 1 N–H and O–H groups in total. The molecule has 0 radical (unpaired) electrons. The highest BCUT2D eigenvalue weighted by Gasteiger charge is 2.50. The van der Waals surface area contributed by atoms with Crippen LogP contribution in [0.15, 0.2) is 103 Å². The predicted molar refractivity (Wildman–Crippen MR) is 137 cm³/mol. The van der Waals surface area contributed by atoms with Gasteiger partial charge in [-0.1, -0.05) is 67.1 Å². The molecule has 1 saturated carbocycles. The zero-order valence-electron chi connectivity index (χ0n) is 21.6. The van der Waals surface area contributed by atoms with Crippen LogP contribution in [0, 0.1) is 20.4 Å². The minimum atomic E-state index is -4.94. The number of nitro groups is 1. The van der Waals surface area contributed by atoms with Gasteiger partial charge in [-0.15, -0.1) is 10.2 Å². The normalized spacial score (nSPS) is 15.4. The lowest BCUT2D eigenvalue weighted by atomic mass is 9.74. The van der Waals surface area contributed by atoms with Gasteiger partial charge >= 0.3 is 0 Å². The molecule has 4 aromatic rings. The highest BCUT2D eigenvalue weighted by molar-refractivity contribution is 5.68. The third-order valence-electron chi connectivity index (χ3n) is 7.24. The summed E-state index contributed by atoms with van der Waals surface area (Å²) in [6, 6.07) is 31.3. The van der Waals surface area contributed by atoms with Crippen molar-refractivity contribution in [2.75, 3.05) is 0 Å². The average Bonchev–Trinajstić information content (AvgIpc) is 2.97. The molecule has 5 rings (SSSR count). The number of nitrogens with zero attached hydrogens (tertiary/aromatic N) is 2. The Hall–Kier alpha value is -3.70. The molecule has 0 bridgehead atoms. The minimum Gasteiger partial charge on any atom is -0.381 e. The molecule has 10 heteroatoms. The van der Waals surface area contributed by atoms with Gasteiger partial charge in [-0.05, 0) is 41.7 Å². The van der Waals surface area contributed by atoms with Crippen LogP contribution in [0.2, 0.25) is 0 Å². The van der Waals surface area contributed by atoms with Crippen LogP contribution in [-0.4, -0.2) is 10.0 Å². The lowest BCUT2D eigenvalue weighted by Crippen LogP contribution is -2.68. The first kappa shape index (κ1) is 29.3. The Morgan fingerprint density at radius 3 is 1.90 bits per heavy atom. The molecule has 3 aromatic carbocycles. The van der Waals surface area contributed by atoms with Gasteiger partial charge in [0, 0.05) is 42.7 Å². The van der Waals surface area contributed by atoms with Crippen molar-refractivity contribution in [3.63, 3.8) is 0 Å². The van der Waals surface area contributed by atoms with Gasteiger partial charge in [0.05, 0.1) is 4.92 Å². The summed E-state index contributed by atoms with van der Waals surface area (Å²) in [4.78, 5) is 11.0. The zero-order chi connectivity index (χ0) is 28.8. The van der Waals surface area contributed by atoms with Crippen molar-refractivity contribution in [2.24, 2.45) is 0 Å². The summed E-state index contributed by atoms with van der Waals surface area (Å²) >= 11 is 0. The third-order valence-corrected chi connectivity index (χ3v) is 7.24. The van der Waals surface area contributed by atoms with Crippen LogP contribution in [0.5, 0.6) is 0 Å². The first-order chi connectivity index (χ1) is 19.1. The van der Waals surface area contributed by atoms with Gasteiger partial charge in [-0.2, -0.15) is 4.57 Å². The number of nitro benzene ring substituents is 1. The third kappa shape index (κ3) is 7.08. The largest absolute Gasteiger partial charge is 0.381 e. The molecule has 1 fully saturated rings. The van der Waals surface area contributed by atoms with Crippen molar-refractivity contribution in [1.29, 1.82) is 0 Å². The summed E-state index contributed by atoms with van der Waals surface area (Å²) in [6.07, 6.45) is 5.92. The number of pyridine rings is 1. The van der Waals surface area contributed by atoms with Crippen LogP contribution in [0.4, 0.5) is 5.69 Å². The van der Waals surface area contributed by atoms with Crippen molar-refractivity contribution in [1.82, 2.24) is 0 Å². The number of aliphatic hydroxyl groups is 1. The van der Waals surface area contributed by atoms with Crippen LogP contribution in [0.1, 0.15) is 43.8 Å². The van der Waals surface area contributed by atoms with Crippen molar-refractivity contribution >= 4 is 5.69 Å². The number of aromatic nitrogens is 1. The lowest BCUT2D eigenvalue weighted by molar-refractivity contribution is -2.00. The van der Waals surface area contributed by atoms with E-state index in [4.69, 9.17) is 18.6 Å². The number of aliphatic hydroxyl groups excluding tert-OH is 1. The molecule has 208 valence electrons. The molecule has 1 aliphatic rings. The molecular formula is C30H29ClN2O7. The Morgan fingerprint density at radius 1 is 0.750 bits per heavy atom. The molecule has 1 aliphatic carbocycles. The van der Waals surface area contributed by atoms with Crippen LogP contribution in [0.25, 0.3) is 22.4 Å². The molecular weight excluding hydrogens is 536 g/mol. The van der Waals surface area contributed by atoms with E-state index in [0.717, 1.165) is 54.5 Å². The van der Waals surface area contributed by atoms with Crippen molar-refractivity contribution in [2.45, 2.75) is 43.7 Å². The quantitative estimate of drug-likeness (QED) is 0.212. The fourth-order valence-electron chi connectivity index (χ4n) is 5.46. The molecule has 9 nitrogen and oxygen atoms in total. The maximum atomic E-state index is 11.9. The Labute approximate surface area is 234 Å². The van der Waals surface area contributed by atoms with Crippen molar-refractivity contribution in [3.8, 4) is 22.4 Å². The molecule has 40 heavy (non-hydrogen) atoms. The number of benzene rings is 3. The summed E-state index contributed by atoms with van der Waals surface area (Å²) in [5, 5.41) is 23.3. The Morgan fingerprint density at radius 2 is 1.32 bits per heavy atom. The summed E-state index contributed by atoms with van der Waals surface area (Å²) < 4.78 is 36.2. The molecule has 0 aliphatic heterocycles. The van der Waals surface area contributed by atoms with E-state index < -0.39 is 26.8 Å². The molecule has 1 heterocycles. The van der Waals surface area contributed by atoms with Gasteiger partial charge in [0.25, 0.3) is 5.69 Å². The SMILES string of the molecule is O=[N+]([O-])c1cccc(C(O)C2([n+]3ccc(-c4ccccc4)cc3-c3ccccc3)CCCCC2)c1.[O-][Cl+3]([O-])([O-])[O-]. The molecule has 1 aromatic heterocycles. The highest BCUT2D eigenvalue weighted by Crippen LogP contribution is 2.43. The highest BCUT2D eigenvalue weighted by atomic mass is 35.7. The summed E-state index contributed by atoms with van der Waals surface area (Å²) in [5.74, 6) is 0. The summed E-state index contributed by atoms with van der Waals surface area (Å²) in [7, 11) is -4.94. The maximum absolute atomic E-state index is 11.9. The van der Waals surface area contributed by atoms with Gasteiger partial charge in [0.15, 0.2) is 11.7 Å². The van der Waals surface area contributed by atoms with Gasteiger partial charge in [-0.25, -0.2) is 18.6 Å². The number of hydrogen-bond donors (Lipinski definition) is 1. The van der Waals surface area contributed by atoms with Crippen LogP contribution >= 0.6 is 0 Å². The Bertz CT molecular complexity index is 1420. The van der Waals surface area contributed by atoms with E-state index in [9.17, 15) is 15.2 Å². The van der Waals surface area contributed by atoms with E-state index in [2.05, 4.69) is 47.2 Å². The van der Waals surface area contributed by atoms with Crippen LogP contribution in [0.3, 0.4) is 0 Å². The summed E-state index contributed by atoms with van der Waals surface area (Å²) in [5.41, 5.74) is 4.32. The second-order valence-corrected chi connectivity index (χ2v) is 10.5. The minimum absolute atomic E-state index is 0.000202. The predicted octanol–water partition coefficient (Wildman–Crippen LogP) is 1.85. The second-order valence-electron chi connectivity index (χ2n) is 9.70. The number of hydrogen-bond acceptors (Lipinski definition) is 7. The van der Waals surface area contributed by atoms with Crippen molar-refractivity contribution < 1.29 is 43.5 Å². The number of halogens is 1. The van der Waals surface area contributed by atoms with Gasteiger partial charge in [0.1, 0.15) is 6.10 Å². The number of non-ortho nitro benzene ring substituents is 1. The molecule has 1 atom stereocenters. The van der Waals surface area contributed by atoms with Crippen molar-refractivity contribution in [3.05, 3.63) is 119 Å². The zero-order valence-corrected chi connectivity index (χ0v) is 22.4. The monoisotopic (exact) mass is 564 g/mol. The van der Waals surface area contributed by atoms with Gasteiger partial charge in [0.2, 0.25) is 5.69 Å². The average molecular weight is 565 g/mol. The standard InChI is InChI=1S/C30H29N2O3.ClHO4/c33-29(26-15-10-16-27(21-26)32(34)35)30(18-8-3-9-19-30)31-20-17-25(23-11-4-1-5-12-23)22-28(31)24-13-6-2-7-14-24;2-1(3,4)5/h1-2,4-7,10-17,20-22,29,33H,3,8-9,18-19H2;(H,2,3,4,5)/q+1;/p-1. The molecule has 1 unspecified atom stereocenters. The number of rotatable bonds is 6. The maximum Gasteiger partial charge on any atom is 0.269 e. The molecule has 0 amide bonds. The first-order valence-corrected chi connectivity index (χ1v) is 14.0. The fraction of sp³-hybridized carbons (Fsp3) is 0.233. The van der Waals surface area contributed by atoms with Crippen LogP contribution in [-0.2, 0) is 5.54 Å². The van der Waals surface area contributed by atoms with E-state index in [1.165, 1.54) is 12.1 Å². The van der Waals surface area contributed by atoms with Gasteiger partial charge < -0.3 is 5.11 Å². The van der Waals surface area contributed by atoms with E-state index in [1.807, 2.05) is 36.4 Å². The Kier molecular flexibility index (Phi) is 9.26. The van der Waals surface area contributed by atoms with E-state index in [-0.39, 0.29) is 5.69 Å². The first-order valence-electron chi connectivity index (χ1n) is 12.8. The van der Waals surface area contributed by atoms with E-state index >= 15 is 0 Å². The lowest BCUT2D eigenvalue weighted by Gasteiger charge is -2.37. The van der Waals surface area contributed by atoms with Crippen LogP contribution < -0.4 is 23.2 Å². The second kappa shape index (κ2) is 12.6. The Balaban J connectivity index is 0.000000681. The van der Waals surface area contributed by atoms with Gasteiger partial charge in [-0.3, -0.25) is 10.1 Å². The van der Waals surface area contributed by atoms with E-state index in [0.29, 0.717) is 5.56 Å². The fourth-order valence-corrected chi connectivity index (χ4v) is 5.46. The molecule has 0 saturated heterocycles. The summed E-state index contributed by atoms with van der Waals surface area (Å²) in [6.45, 7) is 0. The smallest absolute Gasteiger partial charge is 0.269 e. The topological polar surface area (TPSA) is 159 Å².